The molecule has 0 aliphatic carbocycles. The summed E-state index contributed by atoms with van der Waals surface area (Å²) in [7, 11) is -4.85. The first-order valence-corrected chi connectivity index (χ1v) is 24.4. The molecule has 0 radical (unpaired) electrons. The number of rotatable bonds is 30. The van der Waals surface area contributed by atoms with E-state index >= 15 is 0 Å². The molecule has 0 amide bonds. The molecule has 4 heterocycles. The average molecular weight is 897 g/mol. The van der Waals surface area contributed by atoms with Crippen LogP contribution in [-0.2, 0) is 32.6 Å². The van der Waals surface area contributed by atoms with Gasteiger partial charge in [0.05, 0.1) is 30.6 Å². The van der Waals surface area contributed by atoms with E-state index in [4.69, 9.17) is 43.2 Å². The SMILES string of the molecule is CCCCCCCCCCCCCCCCCCOC[C@H](COP(=O)(O)OC[C@@]1(C#N)O[C@@H](c2ccc3c(N)ncnn23)[C@@H]2OC(C)(C)O[C@@H]21)Oc1ccc(C#N)c(OC(C)C)c1. The van der Waals surface area contributed by atoms with Crippen molar-refractivity contribution in [2.24, 2.45) is 0 Å². The van der Waals surface area contributed by atoms with Crippen LogP contribution in [0.1, 0.15) is 155 Å². The lowest BCUT2D eigenvalue weighted by Crippen LogP contribution is -2.45. The summed E-state index contributed by atoms with van der Waals surface area (Å²) in [6.07, 6.45) is 17.9. The summed E-state index contributed by atoms with van der Waals surface area (Å²) in [6.45, 7) is 8.78. The van der Waals surface area contributed by atoms with Crippen molar-refractivity contribution < 1.29 is 46.9 Å². The monoisotopic (exact) mass is 896 g/mol. The van der Waals surface area contributed by atoms with Gasteiger partial charge in [-0.3, -0.25) is 9.05 Å². The van der Waals surface area contributed by atoms with Gasteiger partial charge in [-0.2, -0.15) is 15.6 Å². The summed E-state index contributed by atoms with van der Waals surface area (Å²) in [6, 6.07) is 12.5. The normalized spacial score (nSPS) is 21.8. The second kappa shape index (κ2) is 24.5. The highest BCUT2D eigenvalue weighted by Gasteiger charge is 2.65. The van der Waals surface area contributed by atoms with Crippen molar-refractivity contribution >= 4 is 19.2 Å². The second-order valence-electron chi connectivity index (χ2n) is 17.4. The van der Waals surface area contributed by atoms with Crippen LogP contribution >= 0.6 is 7.82 Å². The number of nitriles is 2. The van der Waals surface area contributed by atoms with Gasteiger partial charge in [0.15, 0.2) is 11.6 Å². The van der Waals surface area contributed by atoms with E-state index in [2.05, 4.69) is 29.1 Å². The van der Waals surface area contributed by atoms with Crippen molar-refractivity contribution in [2.45, 2.75) is 179 Å². The van der Waals surface area contributed by atoms with Crippen molar-refractivity contribution in [1.29, 1.82) is 10.5 Å². The van der Waals surface area contributed by atoms with Crippen molar-refractivity contribution in [2.75, 3.05) is 32.2 Å². The standard InChI is InChI=1S/C46H69N6O10P/c1-6-7-8-9-10-11-12-13-14-15-16-17-18-19-20-21-26-55-29-37(59-36-23-22-35(28-47)40(27-36)58-34(2)3)30-56-63(53,54)57-32-46(31-48)43-42(60-45(4,5)62-43)41(61-46)38-24-25-39-44(49)50-33-51-52(38)39/h22-25,27,33-34,37,41-43H,6-21,26,29-30,32H2,1-5H3,(H,53,54)(H2,49,50,51)/t37-,41+,42+,43+,46-/m1/s1. The summed E-state index contributed by atoms with van der Waals surface area (Å²) >= 11 is 0. The summed E-state index contributed by atoms with van der Waals surface area (Å²) < 4.78 is 62.8. The van der Waals surface area contributed by atoms with Crippen LogP contribution in [0.2, 0.25) is 0 Å². The van der Waals surface area contributed by atoms with E-state index in [0.29, 0.717) is 34.9 Å². The van der Waals surface area contributed by atoms with Crippen LogP contribution in [0.4, 0.5) is 5.82 Å². The Hall–Kier alpha value is -3.83. The molecule has 16 nitrogen and oxygen atoms in total. The molecule has 1 aromatic carbocycles. The third kappa shape index (κ3) is 14.9. The van der Waals surface area contributed by atoms with Crippen molar-refractivity contribution in [3.05, 3.63) is 47.9 Å². The van der Waals surface area contributed by atoms with Gasteiger partial charge < -0.3 is 39.0 Å². The van der Waals surface area contributed by atoms with Gasteiger partial charge in [-0.05, 0) is 58.4 Å². The Morgan fingerprint density at radius 1 is 0.873 bits per heavy atom. The van der Waals surface area contributed by atoms with E-state index < -0.39 is 56.8 Å². The van der Waals surface area contributed by atoms with Crippen LogP contribution in [0.15, 0.2) is 36.7 Å². The predicted octanol–water partition coefficient (Wildman–Crippen LogP) is 9.68. The molecule has 1 unspecified atom stereocenters. The number of aromatic nitrogens is 3. The molecule has 5 rings (SSSR count). The first kappa shape index (κ1) is 50.2. The minimum Gasteiger partial charge on any atom is -0.489 e. The van der Waals surface area contributed by atoms with E-state index in [1.165, 1.54) is 89.8 Å². The highest BCUT2D eigenvalue weighted by atomic mass is 31.2. The fraction of sp³-hybridized carbons (Fsp3) is 0.696. The molecule has 3 N–H and O–H groups in total. The predicted molar refractivity (Wildman–Crippen MR) is 237 cm³/mol. The fourth-order valence-corrected chi connectivity index (χ4v) is 8.86. The summed E-state index contributed by atoms with van der Waals surface area (Å²) in [5.74, 6) is -0.166. The van der Waals surface area contributed by atoms with Crippen LogP contribution < -0.4 is 15.2 Å². The Bertz CT molecular complexity index is 2000. The van der Waals surface area contributed by atoms with Gasteiger partial charge in [-0.1, -0.05) is 103 Å². The minimum atomic E-state index is -4.85. The average Bonchev–Trinajstić information content (AvgIpc) is 3.91. The molecule has 2 saturated heterocycles. The molecule has 0 bridgehead atoms. The number of ether oxygens (including phenoxy) is 6. The number of phosphoric ester groups is 1. The highest BCUT2D eigenvalue weighted by Crippen LogP contribution is 2.52. The zero-order valence-corrected chi connectivity index (χ0v) is 38.8. The van der Waals surface area contributed by atoms with Gasteiger partial charge in [-0.25, -0.2) is 14.1 Å². The zero-order chi connectivity index (χ0) is 45.3. The lowest BCUT2D eigenvalue weighted by atomic mass is 9.96. The van der Waals surface area contributed by atoms with Crippen LogP contribution in [0, 0.1) is 22.7 Å². The highest BCUT2D eigenvalue weighted by molar-refractivity contribution is 7.47. The number of anilines is 1. The number of phosphoric acid groups is 1. The summed E-state index contributed by atoms with van der Waals surface area (Å²) in [4.78, 5) is 15.0. The molecule has 17 heteroatoms. The Balaban J connectivity index is 1.12. The topological polar surface area (TPSA) is 215 Å². The maximum Gasteiger partial charge on any atom is 0.472 e. The van der Waals surface area contributed by atoms with Gasteiger partial charge in [0.1, 0.15) is 66.5 Å². The van der Waals surface area contributed by atoms with Crippen molar-refractivity contribution in [3.8, 4) is 23.6 Å². The molecule has 3 aromatic rings. The molecule has 6 atom stereocenters. The largest absolute Gasteiger partial charge is 0.489 e. The zero-order valence-electron chi connectivity index (χ0n) is 37.9. The van der Waals surface area contributed by atoms with Crippen LogP contribution in [0.3, 0.4) is 0 Å². The number of unbranched alkanes of at least 4 members (excludes halogenated alkanes) is 15. The number of benzene rings is 1. The number of hydrogen-bond donors (Lipinski definition) is 2. The third-order valence-corrected chi connectivity index (χ3v) is 12.2. The van der Waals surface area contributed by atoms with Crippen molar-refractivity contribution in [1.82, 2.24) is 14.6 Å². The molecular weight excluding hydrogens is 828 g/mol. The third-order valence-electron chi connectivity index (χ3n) is 11.3. The molecule has 2 fully saturated rings. The number of nitrogens with zero attached hydrogens (tertiary/aromatic N) is 5. The van der Waals surface area contributed by atoms with E-state index in [-0.39, 0.29) is 18.5 Å². The van der Waals surface area contributed by atoms with Crippen molar-refractivity contribution in [3.63, 3.8) is 0 Å². The molecule has 348 valence electrons. The second-order valence-corrected chi connectivity index (χ2v) is 18.8. The number of fused-ring (bicyclic) bond motifs is 2. The Labute approximate surface area is 373 Å². The molecule has 63 heavy (non-hydrogen) atoms. The lowest BCUT2D eigenvalue weighted by Gasteiger charge is -2.29. The van der Waals surface area contributed by atoms with Gasteiger partial charge in [0, 0.05) is 12.7 Å². The minimum absolute atomic E-state index is 0.0371. The van der Waals surface area contributed by atoms with Crippen LogP contribution in [-0.4, -0.2) is 81.7 Å². The molecular formula is C46H69N6O10P. The quantitative estimate of drug-likeness (QED) is 0.0470. The molecule has 2 aromatic heterocycles. The maximum atomic E-state index is 13.5. The number of nitrogens with two attached hydrogens (primary N) is 1. The van der Waals surface area contributed by atoms with E-state index in [1.54, 1.807) is 48.7 Å². The molecule has 2 aliphatic heterocycles. The Kier molecular flexibility index (Phi) is 19.5. The van der Waals surface area contributed by atoms with Gasteiger partial charge in [-0.15, -0.1) is 0 Å². The van der Waals surface area contributed by atoms with E-state index in [9.17, 15) is 20.0 Å². The first-order valence-electron chi connectivity index (χ1n) is 22.9. The molecule has 2 aliphatic rings. The van der Waals surface area contributed by atoms with Gasteiger partial charge >= 0.3 is 7.82 Å². The number of nitrogen functional groups attached to an aromatic ring is 1. The summed E-state index contributed by atoms with van der Waals surface area (Å²) in [5, 5.41) is 24.5. The van der Waals surface area contributed by atoms with Crippen LogP contribution in [0.25, 0.3) is 5.52 Å². The smallest absolute Gasteiger partial charge is 0.472 e. The Morgan fingerprint density at radius 3 is 2.14 bits per heavy atom. The Morgan fingerprint density at radius 2 is 1.52 bits per heavy atom. The van der Waals surface area contributed by atoms with E-state index in [1.807, 2.05) is 13.8 Å². The van der Waals surface area contributed by atoms with Gasteiger partial charge in [0.2, 0.25) is 5.60 Å². The number of hydrogen-bond acceptors (Lipinski definition) is 14. The summed E-state index contributed by atoms with van der Waals surface area (Å²) in [5.41, 5.74) is 5.56. The van der Waals surface area contributed by atoms with Gasteiger partial charge in [0.25, 0.3) is 0 Å². The van der Waals surface area contributed by atoms with Crippen LogP contribution in [0.5, 0.6) is 11.5 Å². The first-order chi connectivity index (χ1) is 30.3. The molecule has 0 saturated carbocycles. The fourth-order valence-electron chi connectivity index (χ4n) is 8.07. The molecule has 0 spiro atoms. The lowest BCUT2D eigenvalue weighted by molar-refractivity contribution is -0.204. The maximum absolute atomic E-state index is 13.5. The van der Waals surface area contributed by atoms with E-state index in [0.717, 1.165) is 19.3 Å².